The Morgan fingerprint density at radius 3 is 2.54 bits per heavy atom. The number of aromatic nitrogens is 5. The van der Waals surface area contributed by atoms with Crippen molar-refractivity contribution in [1.82, 2.24) is 30.1 Å². The Morgan fingerprint density at radius 1 is 1.06 bits per heavy atom. The highest BCUT2D eigenvalue weighted by Gasteiger charge is 2.34. The monoisotopic (exact) mass is 476 g/mol. The van der Waals surface area contributed by atoms with Gasteiger partial charge in [-0.2, -0.15) is 0 Å². The number of tetrazole rings is 1. The van der Waals surface area contributed by atoms with Crippen molar-refractivity contribution in [3.63, 3.8) is 0 Å². The molecule has 0 bridgehead atoms. The van der Waals surface area contributed by atoms with Crippen LogP contribution in [0.2, 0.25) is 0 Å². The standard InChI is InChI=1S/C28H40N6O/c1-4-10-26(27-30-31-32-34(27)23-13-6-5-7-14-23)33(22-11-8-9-12-22)18-21-17-24-20(3)15-19(2)16-25(24)29-28(21)35/h15-17,22-23,26H,4-14,18H2,1-3H3,(H,29,35). The summed E-state index contributed by atoms with van der Waals surface area (Å²) in [6.45, 7) is 7.07. The number of aryl methyl sites for hydroxylation is 2. The van der Waals surface area contributed by atoms with E-state index in [1.807, 2.05) is 0 Å². The number of hydrogen-bond donors (Lipinski definition) is 1. The zero-order chi connectivity index (χ0) is 24.4. The Labute approximate surface area is 208 Å². The Morgan fingerprint density at radius 2 is 1.80 bits per heavy atom. The first-order valence-corrected chi connectivity index (χ1v) is 13.7. The van der Waals surface area contributed by atoms with E-state index in [0.29, 0.717) is 18.6 Å². The summed E-state index contributed by atoms with van der Waals surface area (Å²) in [6.07, 6.45) is 13.0. The molecular formula is C28H40N6O. The van der Waals surface area contributed by atoms with Crippen molar-refractivity contribution >= 4 is 10.9 Å². The molecule has 2 saturated carbocycles. The van der Waals surface area contributed by atoms with Crippen LogP contribution in [-0.2, 0) is 6.54 Å². The SMILES string of the molecule is CCCC(c1nnnn1C1CCCCC1)N(Cc1cc2c(C)cc(C)cc2[nH]c1=O)C1CCCC1. The predicted molar refractivity (Wildman–Crippen MR) is 139 cm³/mol. The largest absolute Gasteiger partial charge is 0.322 e. The zero-order valence-corrected chi connectivity index (χ0v) is 21.6. The number of nitrogens with zero attached hydrogens (tertiary/aromatic N) is 5. The molecule has 2 fully saturated rings. The minimum atomic E-state index is 0.0209. The molecule has 5 rings (SSSR count). The lowest BCUT2D eigenvalue weighted by atomic mass is 9.95. The van der Waals surface area contributed by atoms with Crippen LogP contribution in [0.3, 0.4) is 0 Å². The summed E-state index contributed by atoms with van der Waals surface area (Å²) in [6, 6.07) is 7.36. The lowest BCUT2D eigenvalue weighted by Crippen LogP contribution is -2.39. The molecule has 7 heteroatoms. The zero-order valence-electron chi connectivity index (χ0n) is 21.6. The van der Waals surface area contributed by atoms with E-state index in [9.17, 15) is 4.79 Å². The van der Waals surface area contributed by atoms with Crippen molar-refractivity contribution < 1.29 is 0 Å². The molecule has 1 atom stereocenters. The van der Waals surface area contributed by atoms with Crippen molar-refractivity contribution in [2.24, 2.45) is 0 Å². The van der Waals surface area contributed by atoms with Crippen LogP contribution in [0.4, 0.5) is 0 Å². The molecule has 1 N–H and O–H groups in total. The third kappa shape index (κ3) is 5.06. The smallest absolute Gasteiger partial charge is 0.252 e. The van der Waals surface area contributed by atoms with Gasteiger partial charge in [-0.15, -0.1) is 5.10 Å². The van der Waals surface area contributed by atoms with Gasteiger partial charge in [-0.05, 0) is 79.6 Å². The summed E-state index contributed by atoms with van der Waals surface area (Å²) in [5.41, 5.74) is 4.16. The van der Waals surface area contributed by atoms with Crippen molar-refractivity contribution in [2.75, 3.05) is 0 Å². The third-order valence-electron chi connectivity index (χ3n) is 8.24. The van der Waals surface area contributed by atoms with Crippen LogP contribution in [0.1, 0.15) is 112 Å². The normalized spacial score (nSPS) is 18.6. The van der Waals surface area contributed by atoms with E-state index in [1.54, 1.807) is 0 Å². The first-order valence-electron chi connectivity index (χ1n) is 13.7. The quantitative estimate of drug-likeness (QED) is 0.436. The molecule has 3 aromatic rings. The molecule has 188 valence electrons. The van der Waals surface area contributed by atoms with E-state index in [1.165, 1.54) is 56.1 Å². The Hall–Kier alpha value is -2.54. The Balaban J connectivity index is 1.53. The number of aromatic amines is 1. The van der Waals surface area contributed by atoms with Gasteiger partial charge in [0.25, 0.3) is 5.56 Å². The van der Waals surface area contributed by atoms with E-state index in [4.69, 9.17) is 0 Å². The van der Waals surface area contributed by atoms with Gasteiger partial charge >= 0.3 is 0 Å². The van der Waals surface area contributed by atoms with Crippen LogP contribution >= 0.6 is 0 Å². The second-order valence-electron chi connectivity index (χ2n) is 10.9. The van der Waals surface area contributed by atoms with Gasteiger partial charge in [0.15, 0.2) is 5.82 Å². The number of hydrogen-bond acceptors (Lipinski definition) is 5. The number of pyridine rings is 1. The average Bonchev–Trinajstić information content (AvgIpc) is 3.55. The van der Waals surface area contributed by atoms with Crippen molar-refractivity contribution in [1.29, 1.82) is 0 Å². The molecule has 7 nitrogen and oxygen atoms in total. The summed E-state index contributed by atoms with van der Waals surface area (Å²) in [7, 11) is 0. The van der Waals surface area contributed by atoms with Gasteiger partial charge in [0.2, 0.25) is 0 Å². The predicted octanol–water partition coefficient (Wildman–Crippen LogP) is 5.92. The lowest BCUT2D eigenvalue weighted by molar-refractivity contribution is 0.105. The van der Waals surface area contributed by atoms with Crippen LogP contribution in [0.5, 0.6) is 0 Å². The molecular weight excluding hydrogens is 436 g/mol. The van der Waals surface area contributed by atoms with Gasteiger partial charge in [-0.3, -0.25) is 9.69 Å². The van der Waals surface area contributed by atoms with E-state index in [0.717, 1.165) is 48.0 Å². The molecule has 2 aromatic heterocycles. The second-order valence-corrected chi connectivity index (χ2v) is 10.9. The average molecular weight is 477 g/mol. The highest BCUT2D eigenvalue weighted by molar-refractivity contribution is 5.83. The molecule has 0 amide bonds. The molecule has 0 radical (unpaired) electrons. The number of fused-ring (bicyclic) bond motifs is 1. The van der Waals surface area contributed by atoms with E-state index in [2.05, 4.69) is 69.1 Å². The third-order valence-corrected chi connectivity index (χ3v) is 8.24. The molecule has 35 heavy (non-hydrogen) atoms. The van der Waals surface area contributed by atoms with Gasteiger partial charge in [-0.1, -0.05) is 51.5 Å². The van der Waals surface area contributed by atoms with Gasteiger partial charge in [0, 0.05) is 29.1 Å². The maximum Gasteiger partial charge on any atom is 0.252 e. The van der Waals surface area contributed by atoms with Gasteiger partial charge < -0.3 is 4.98 Å². The molecule has 2 aliphatic carbocycles. The highest BCUT2D eigenvalue weighted by atomic mass is 16.1. The highest BCUT2D eigenvalue weighted by Crippen LogP contribution is 2.37. The van der Waals surface area contributed by atoms with Crippen LogP contribution < -0.4 is 5.56 Å². The van der Waals surface area contributed by atoms with E-state index in [-0.39, 0.29) is 11.6 Å². The fourth-order valence-corrected chi connectivity index (χ4v) is 6.48. The van der Waals surface area contributed by atoms with Crippen molar-refractivity contribution in [3.8, 4) is 0 Å². The maximum atomic E-state index is 13.3. The van der Waals surface area contributed by atoms with E-state index >= 15 is 0 Å². The number of rotatable bonds is 8. The number of benzene rings is 1. The van der Waals surface area contributed by atoms with Crippen LogP contribution in [0.15, 0.2) is 23.0 Å². The van der Waals surface area contributed by atoms with Crippen LogP contribution in [0.25, 0.3) is 10.9 Å². The molecule has 1 unspecified atom stereocenters. The minimum absolute atomic E-state index is 0.0209. The molecule has 0 saturated heterocycles. The number of nitrogens with one attached hydrogen (secondary N) is 1. The molecule has 1 aromatic carbocycles. The number of H-pyrrole nitrogens is 1. The van der Waals surface area contributed by atoms with Gasteiger partial charge in [0.1, 0.15) is 0 Å². The topological polar surface area (TPSA) is 79.7 Å². The van der Waals surface area contributed by atoms with Crippen LogP contribution in [-0.4, -0.2) is 36.1 Å². The van der Waals surface area contributed by atoms with Gasteiger partial charge in [-0.25, -0.2) is 4.68 Å². The summed E-state index contributed by atoms with van der Waals surface area (Å²) in [5.74, 6) is 0.995. The minimum Gasteiger partial charge on any atom is -0.322 e. The van der Waals surface area contributed by atoms with E-state index < -0.39 is 0 Å². The van der Waals surface area contributed by atoms with Gasteiger partial charge in [0.05, 0.1) is 12.1 Å². The Bertz CT molecular complexity index is 1200. The molecule has 2 aliphatic rings. The first-order chi connectivity index (χ1) is 17.0. The Kier molecular flexibility index (Phi) is 7.32. The van der Waals surface area contributed by atoms with Crippen LogP contribution in [0, 0.1) is 13.8 Å². The lowest BCUT2D eigenvalue weighted by Gasteiger charge is -2.36. The second kappa shape index (κ2) is 10.6. The molecule has 0 spiro atoms. The summed E-state index contributed by atoms with van der Waals surface area (Å²) in [4.78, 5) is 19.0. The van der Waals surface area contributed by atoms with Crippen molar-refractivity contribution in [3.05, 3.63) is 51.1 Å². The first kappa shape index (κ1) is 24.2. The molecule has 0 aliphatic heterocycles. The fraction of sp³-hybridized carbons (Fsp3) is 0.643. The molecule has 2 heterocycles. The fourth-order valence-electron chi connectivity index (χ4n) is 6.48. The summed E-state index contributed by atoms with van der Waals surface area (Å²) >= 11 is 0. The summed E-state index contributed by atoms with van der Waals surface area (Å²) in [5, 5.41) is 14.4. The maximum absolute atomic E-state index is 13.3. The summed E-state index contributed by atoms with van der Waals surface area (Å²) < 4.78 is 2.14. The van der Waals surface area contributed by atoms with Crippen molar-refractivity contribution in [2.45, 2.75) is 116 Å².